The second-order valence-corrected chi connectivity index (χ2v) is 4.51. The van der Waals surface area contributed by atoms with Crippen molar-refractivity contribution in [1.82, 2.24) is 0 Å². The maximum Gasteiger partial charge on any atom is 0.0368 e. The van der Waals surface area contributed by atoms with Gasteiger partial charge < -0.3 is 4.90 Å². The van der Waals surface area contributed by atoms with Crippen LogP contribution in [0.3, 0.4) is 0 Å². The van der Waals surface area contributed by atoms with Gasteiger partial charge in [0, 0.05) is 18.3 Å². The third-order valence-corrected chi connectivity index (χ3v) is 3.01. The minimum Gasteiger partial charge on any atom is -0.369 e. The smallest absolute Gasteiger partial charge is 0.0368 e. The topological polar surface area (TPSA) is 3.24 Å². The molecule has 84 valence electrons. The summed E-state index contributed by atoms with van der Waals surface area (Å²) in [5.74, 6) is 0.691. The monoisotopic (exact) mass is 205 g/mol. The summed E-state index contributed by atoms with van der Waals surface area (Å²) in [4.78, 5) is 2.50. The van der Waals surface area contributed by atoms with E-state index in [-0.39, 0.29) is 0 Å². The lowest BCUT2D eigenvalue weighted by Crippen LogP contribution is -2.37. The first kappa shape index (κ1) is 12.1. The first-order chi connectivity index (χ1) is 7.16. The fourth-order valence-corrected chi connectivity index (χ4v) is 1.79. The van der Waals surface area contributed by atoms with Gasteiger partial charge >= 0.3 is 0 Å². The Bertz CT molecular complexity index is 266. The number of para-hydroxylation sites is 1. The minimum atomic E-state index is 0.604. The molecule has 0 aromatic heterocycles. The molecule has 1 atom stereocenters. The highest BCUT2D eigenvalue weighted by Crippen LogP contribution is 2.20. The highest BCUT2D eigenvalue weighted by Gasteiger charge is 2.16. The van der Waals surface area contributed by atoms with Gasteiger partial charge in [-0.25, -0.2) is 0 Å². The first-order valence-corrected chi connectivity index (χ1v) is 5.98. The largest absolute Gasteiger partial charge is 0.369 e. The maximum absolute atomic E-state index is 2.50. The second-order valence-electron chi connectivity index (χ2n) is 4.51. The van der Waals surface area contributed by atoms with Crippen molar-refractivity contribution in [3.8, 4) is 0 Å². The van der Waals surface area contributed by atoms with Crippen molar-refractivity contribution in [2.45, 2.75) is 40.2 Å². The SMILES string of the molecule is CCCN(c1ccccc1)C(C)C(C)C. The molecule has 15 heavy (non-hydrogen) atoms. The van der Waals surface area contributed by atoms with Gasteiger partial charge in [0.15, 0.2) is 0 Å². The molecule has 0 fully saturated rings. The highest BCUT2D eigenvalue weighted by atomic mass is 15.2. The van der Waals surface area contributed by atoms with Gasteiger partial charge in [0.2, 0.25) is 0 Å². The van der Waals surface area contributed by atoms with E-state index in [0.29, 0.717) is 12.0 Å². The zero-order chi connectivity index (χ0) is 11.3. The lowest BCUT2D eigenvalue weighted by atomic mass is 10.0. The third-order valence-electron chi connectivity index (χ3n) is 3.01. The molecule has 1 rings (SSSR count). The van der Waals surface area contributed by atoms with Crippen molar-refractivity contribution in [3.05, 3.63) is 30.3 Å². The molecule has 0 amide bonds. The molecule has 0 aliphatic heterocycles. The summed E-state index contributed by atoms with van der Waals surface area (Å²) in [6.07, 6.45) is 1.20. The van der Waals surface area contributed by atoms with E-state index in [0.717, 1.165) is 6.54 Å². The summed E-state index contributed by atoms with van der Waals surface area (Å²) in [6, 6.07) is 11.3. The van der Waals surface area contributed by atoms with Crippen LogP contribution in [0.25, 0.3) is 0 Å². The molecule has 0 saturated carbocycles. The molecule has 1 heteroatoms. The van der Waals surface area contributed by atoms with E-state index < -0.39 is 0 Å². The number of anilines is 1. The Balaban J connectivity index is 2.83. The van der Waals surface area contributed by atoms with E-state index in [2.05, 4.69) is 62.9 Å². The average molecular weight is 205 g/mol. The summed E-state index contributed by atoms with van der Waals surface area (Å²) in [6.45, 7) is 10.3. The van der Waals surface area contributed by atoms with E-state index in [1.54, 1.807) is 0 Å². The third kappa shape index (κ3) is 3.26. The Morgan fingerprint density at radius 2 is 1.67 bits per heavy atom. The van der Waals surface area contributed by atoms with Gasteiger partial charge in [-0.3, -0.25) is 0 Å². The van der Waals surface area contributed by atoms with Crippen molar-refractivity contribution in [2.75, 3.05) is 11.4 Å². The molecule has 0 N–H and O–H groups in total. The molecular formula is C14H23N. The van der Waals surface area contributed by atoms with Gasteiger partial charge in [-0.15, -0.1) is 0 Å². The van der Waals surface area contributed by atoms with Gasteiger partial charge in [-0.1, -0.05) is 39.0 Å². The van der Waals surface area contributed by atoms with Crippen LogP contribution in [0.1, 0.15) is 34.1 Å². The lowest BCUT2D eigenvalue weighted by molar-refractivity contribution is 0.482. The Morgan fingerprint density at radius 1 is 1.07 bits per heavy atom. The molecule has 0 bridgehead atoms. The summed E-state index contributed by atoms with van der Waals surface area (Å²) in [5.41, 5.74) is 1.35. The van der Waals surface area contributed by atoms with Crippen LogP contribution in [0.2, 0.25) is 0 Å². The Morgan fingerprint density at radius 3 is 2.13 bits per heavy atom. The van der Waals surface area contributed by atoms with Crippen LogP contribution in [-0.4, -0.2) is 12.6 Å². The summed E-state index contributed by atoms with van der Waals surface area (Å²) < 4.78 is 0. The van der Waals surface area contributed by atoms with Crippen LogP contribution < -0.4 is 4.90 Å². The van der Waals surface area contributed by atoms with Gasteiger partial charge in [-0.2, -0.15) is 0 Å². The predicted molar refractivity (Wildman–Crippen MR) is 68.4 cm³/mol. The molecule has 0 saturated heterocycles. The molecule has 0 radical (unpaired) electrons. The molecule has 1 unspecified atom stereocenters. The van der Waals surface area contributed by atoms with Gasteiger partial charge in [-0.05, 0) is 31.4 Å². The zero-order valence-electron chi connectivity index (χ0n) is 10.4. The number of rotatable bonds is 5. The minimum absolute atomic E-state index is 0.604. The number of hydrogen-bond donors (Lipinski definition) is 0. The Labute approximate surface area is 94.1 Å². The average Bonchev–Trinajstić information content (AvgIpc) is 2.26. The maximum atomic E-state index is 2.50. The van der Waals surface area contributed by atoms with Crippen molar-refractivity contribution < 1.29 is 0 Å². The molecule has 0 aliphatic rings. The Hall–Kier alpha value is -0.980. The first-order valence-electron chi connectivity index (χ1n) is 5.98. The predicted octanol–water partition coefficient (Wildman–Crippen LogP) is 3.95. The summed E-state index contributed by atoms with van der Waals surface area (Å²) >= 11 is 0. The van der Waals surface area contributed by atoms with Crippen molar-refractivity contribution in [2.24, 2.45) is 5.92 Å². The number of nitrogens with zero attached hydrogens (tertiary/aromatic N) is 1. The number of hydrogen-bond acceptors (Lipinski definition) is 1. The molecule has 1 aromatic rings. The quantitative estimate of drug-likeness (QED) is 0.703. The highest BCUT2D eigenvalue weighted by molar-refractivity contribution is 5.46. The number of benzene rings is 1. The van der Waals surface area contributed by atoms with Gasteiger partial charge in [0.05, 0.1) is 0 Å². The fraction of sp³-hybridized carbons (Fsp3) is 0.571. The standard InChI is InChI=1S/C14H23N/c1-5-11-15(13(4)12(2)3)14-9-7-6-8-10-14/h6-10,12-13H,5,11H2,1-4H3. The van der Waals surface area contributed by atoms with Crippen LogP contribution >= 0.6 is 0 Å². The summed E-state index contributed by atoms with van der Waals surface area (Å²) in [5, 5.41) is 0. The van der Waals surface area contributed by atoms with Crippen LogP contribution in [0.5, 0.6) is 0 Å². The molecule has 0 spiro atoms. The van der Waals surface area contributed by atoms with Crippen LogP contribution in [0, 0.1) is 5.92 Å². The van der Waals surface area contributed by atoms with E-state index in [1.807, 2.05) is 0 Å². The second kappa shape index (κ2) is 5.79. The van der Waals surface area contributed by atoms with Gasteiger partial charge in [0.1, 0.15) is 0 Å². The van der Waals surface area contributed by atoms with E-state index >= 15 is 0 Å². The molecule has 0 aliphatic carbocycles. The summed E-state index contributed by atoms with van der Waals surface area (Å²) in [7, 11) is 0. The Kier molecular flexibility index (Phi) is 4.67. The van der Waals surface area contributed by atoms with E-state index in [4.69, 9.17) is 0 Å². The zero-order valence-corrected chi connectivity index (χ0v) is 10.4. The van der Waals surface area contributed by atoms with Gasteiger partial charge in [0.25, 0.3) is 0 Å². The van der Waals surface area contributed by atoms with E-state index in [1.165, 1.54) is 12.1 Å². The van der Waals surface area contributed by atoms with Crippen LogP contribution in [0.15, 0.2) is 30.3 Å². The van der Waals surface area contributed by atoms with Crippen molar-refractivity contribution >= 4 is 5.69 Å². The van der Waals surface area contributed by atoms with Crippen molar-refractivity contribution in [1.29, 1.82) is 0 Å². The lowest BCUT2D eigenvalue weighted by Gasteiger charge is -2.33. The van der Waals surface area contributed by atoms with Crippen molar-refractivity contribution in [3.63, 3.8) is 0 Å². The van der Waals surface area contributed by atoms with E-state index in [9.17, 15) is 0 Å². The normalized spacial score (nSPS) is 12.9. The molecule has 0 heterocycles. The molecule has 1 aromatic carbocycles. The fourth-order valence-electron chi connectivity index (χ4n) is 1.79. The molecular weight excluding hydrogens is 182 g/mol. The van der Waals surface area contributed by atoms with Crippen LogP contribution in [0.4, 0.5) is 5.69 Å². The molecule has 1 nitrogen and oxygen atoms in total. The van der Waals surface area contributed by atoms with Crippen LogP contribution in [-0.2, 0) is 0 Å².